The van der Waals surface area contributed by atoms with Crippen LogP contribution >= 0.6 is 0 Å². The SMILES string of the molecule is Cc1cn[nH]c1NS(=O)(=O)c1ccccc1N. The number of anilines is 2. The zero-order chi connectivity index (χ0) is 12.5. The molecule has 0 spiro atoms. The van der Waals surface area contributed by atoms with Crippen molar-refractivity contribution in [1.29, 1.82) is 0 Å². The van der Waals surface area contributed by atoms with Gasteiger partial charge in [-0.2, -0.15) is 5.10 Å². The highest BCUT2D eigenvalue weighted by Gasteiger charge is 2.18. The Hall–Kier alpha value is -2.02. The van der Waals surface area contributed by atoms with E-state index in [0.29, 0.717) is 11.4 Å². The summed E-state index contributed by atoms with van der Waals surface area (Å²) in [5.74, 6) is 0.341. The Balaban J connectivity index is 2.39. The first-order valence-corrected chi connectivity index (χ1v) is 6.36. The Labute approximate surface area is 98.9 Å². The van der Waals surface area contributed by atoms with Gasteiger partial charge in [0.2, 0.25) is 0 Å². The molecule has 6 nitrogen and oxygen atoms in total. The maximum Gasteiger partial charge on any atom is 0.265 e. The number of H-pyrrole nitrogens is 1. The number of hydrogen-bond donors (Lipinski definition) is 3. The lowest BCUT2D eigenvalue weighted by molar-refractivity contribution is 0.601. The molecule has 90 valence electrons. The average molecular weight is 252 g/mol. The fourth-order valence-electron chi connectivity index (χ4n) is 1.36. The normalized spacial score (nSPS) is 11.4. The van der Waals surface area contributed by atoms with Crippen molar-refractivity contribution in [2.24, 2.45) is 0 Å². The van der Waals surface area contributed by atoms with Crippen LogP contribution in [0.5, 0.6) is 0 Å². The summed E-state index contributed by atoms with van der Waals surface area (Å²) >= 11 is 0. The van der Waals surface area contributed by atoms with E-state index in [4.69, 9.17) is 5.73 Å². The van der Waals surface area contributed by atoms with Crippen molar-refractivity contribution >= 4 is 21.5 Å². The summed E-state index contributed by atoms with van der Waals surface area (Å²) in [5, 5.41) is 6.31. The third-order valence-electron chi connectivity index (χ3n) is 2.27. The lowest BCUT2D eigenvalue weighted by atomic mass is 10.3. The summed E-state index contributed by atoms with van der Waals surface area (Å²) in [7, 11) is -3.68. The molecule has 0 unspecified atom stereocenters. The predicted molar refractivity (Wildman–Crippen MR) is 65.0 cm³/mol. The van der Waals surface area contributed by atoms with Gasteiger partial charge in [-0.3, -0.25) is 9.82 Å². The lowest BCUT2D eigenvalue weighted by Crippen LogP contribution is -2.15. The molecule has 17 heavy (non-hydrogen) atoms. The summed E-state index contributed by atoms with van der Waals surface area (Å²) in [6.07, 6.45) is 1.53. The number of nitrogens with zero attached hydrogens (tertiary/aromatic N) is 1. The molecule has 0 aliphatic heterocycles. The number of hydrogen-bond acceptors (Lipinski definition) is 4. The second-order valence-electron chi connectivity index (χ2n) is 3.57. The van der Waals surface area contributed by atoms with Gasteiger partial charge in [-0.05, 0) is 19.1 Å². The van der Waals surface area contributed by atoms with Crippen LogP contribution in [0, 0.1) is 6.92 Å². The Morgan fingerprint density at radius 3 is 2.65 bits per heavy atom. The Kier molecular flexibility index (Phi) is 2.76. The monoisotopic (exact) mass is 252 g/mol. The standard InChI is InChI=1S/C10H12N4O2S/c1-7-6-12-13-10(7)14-17(15,16)9-5-3-2-4-8(9)11/h2-6H,11H2,1H3,(H2,12,13,14). The van der Waals surface area contributed by atoms with Gasteiger partial charge in [0.1, 0.15) is 10.7 Å². The largest absolute Gasteiger partial charge is 0.398 e. The molecule has 0 atom stereocenters. The highest BCUT2D eigenvalue weighted by molar-refractivity contribution is 7.92. The van der Waals surface area contributed by atoms with Crippen LogP contribution in [0.15, 0.2) is 35.4 Å². The van der Waals surface area contributed by atoms with Gasteiger partial charge in [0.25, 0.3) is 10.0 Å². The number of aromatic nitrogens is 2. The van der Waals surface area contributed by atoms with Crippen molar-refractivity contribution in [3.05, 3.63) is 36.0 Å². The molecule has 0 saturated carbocycles. The third-order valence-corrected chi connectivity index (χ3v) is 3.70. The summed E-state index contributed by atoms with van der Waals surface area (Å²) in [5.41, 5.74) is 6.55. The van der Waals surface area contributed by atoms with Crippen LogP contribution in [-0.4, -0.2) is 18.6 Å². The highest BCUT2D eigenvalue weighted by atomic mass is 32.2. The number of aromatic amines is 1. The number of para-hydroxylation sites is 1. The number of aryl methyl sites for hydroxylation is 1. The molecule has 7 heteroatoms. The highest BCUT2D eigenvalue weighted by Crippen LogP contribution is 2.21. The number of nitrogen functional groups attached to an aromatic ring is 1. The molecule has 0 aliphatic carbocycles. The fraction of sp³-hybridized carbons (Fsp3) is 0.100. The minimum absolute atomic E-state index is 0.0500. The van der Waals surface area contributed by atoms with Gasteiger partial charge in [-0.25, -0.2) is 8.42 Å². The molecule has 1 heterocycles. The molecule has 0 aliphatic rings. The zero-order valence-electron chi connectivity index (χ0n) is 9.14. The molecule has 2 rings (SSSR count). The molecule has 0 radical (unpaired) electrons. The second-order valence-corrected chi connectivity index (χ2v) is 5.22. The van der Waals surface area contributed by atoms with Gasteiger partial charge in [-0.1, -0.05) is 12.1 Å². The molecule has 0 amide bonds. The number of nitrogens with one attached hydrogen (secondary N) is 2. The fourth-order valence-corrected chi connectivity index (χ4v) is 2.59. The van der Waals surface area contributed by atoms with E-state index in [1.54, 1.807) is 19.1 Å². The van der Waals surface area contributed by atoms with Crippen LogP contribution < -0.4 is 10.5 Å². The van der Waals surface area contributed by atoms with E-state index in [2.05, 4.69) is 14.9 Å². The lowest BCUT2D eigenvalue weighted by Gasteiger charge is -2.08. The van der Waals surface area contributed by atoms with Crippen LogP contribution in [0.4, 0.5) is 11.5 Å². The Morgan fingerprint density at radius 1 is 1.35 bits per heavy atom. The Morgan fingerprint density at radius 2 is 2.06 bits per heavy atom. The summed E-state index contributed by atoms with van der Waals surface area (Å²) in [4.78, 5) is 0.0500. The van der Waals surface area contributed by atoms with Crippen molar-refractivity contribution in [3.63, 3.8) is 0 Å². The van der Waals surface area contributed by atoms with Crippen molar-refractivity contribution < 1.29 is 8.42 Å². The van der Waals surface area contributed by atoms with Crippen LogP contribution in [0.3, 0.4) is 0 Å². The van der Waals surface area contributed by atoms with Crippen LogP contribution in [0.25, 0.3) is 0 Å². The first-order chi connectivity index (χ1) is 8.00. The van der Waals surface area contributed by atoms with Crippen molar-refractivity contribution in [3.8, 4) is 0 Å². The molecule has 0 saturated heterocycles. The van der Waals surface area contributed by atoms with Crippen LogP contribution in [-0.2, 0) is 10.0 Å². The topological polar surface area (TPSA) is 101 Å². The third kappa shape index (κ3) is 2.23. The quantitative estimate of drug-likeness (QED) is 0.712. The molecule has 1 aromatic carbocycles. The van der Waals surface area contributed by atoms with E-state index in [1.807, 2.05) is 0 Å². The summed E-state index contributed by atoms with van der Waals surface area (Å²) in [6, 6.07) is 6.28. The molecule has 2 aromatic rings. The molecule has 4 N–H and O–H groups in total. The molecular formula is C10H12N4O2S. The van der Waals surface area contributed by atoms with E-state index < -0.39 is 10.0 Å². The number of sulfonamides is 1. The predicted octanol–water partition coefficient (Wildman–Crippen LogP) is 1.10. The minimum Gasteiger partial charge on any atom is -0.398 e. The van der Waals surface area contributed by atoms with Gasteiger partial charge >= 0.3 is 0 Å². The van der Waals surface area contributed by atoms with E-state index in [1.165, 1.54) is 18.3 Å². The number of nitrogens with two attached hydrogens (primary N) is 1. The maximum atomic E-state index is 12.0. The van der Waals surface area contributed by atoms with Gasteiger partial charge in [0.05, 0.1) is 11.9 Å². The molecular weight excluding hydrogens is 240 g/mol. The van der Waals surface area contributed by atoms with Crippen LogP contribution in [0.1, 0.15) is 5.56 Å². The first kappa shape index (κ1) is 11.5. The molecule has 0 bridgehead atoms. The smallest absolute Gasteiger partial charge is 0.265 e. The van der Waals surface area contributed by atoms with Gasteiger partial charge in [-0.15, -0.1) is 0 Å². The van der Waals surface area contributed by atoms with E-state index in [0.717, 1.165) is 0 Å². The summed E-state index contributed by atoms with van der Waals surface area (Å²) < 4.78 is 26.5. The Bertz CT molecular complexity index is 633. The minimum atomic E-state index is -3.68. The number of rotatable bonds is 3. The van der Waals surface area contributed by atoms with Gasteiger partial charge in [0, 0.05) is 5.56 Å². The molecule has 0 fully saturated rings. The zero-order valence-corrected chi connectivity index (χ0v) is 9.95. The maximum absolute atomic E-state index is 12.0. The van der Waals surface area contributed by atoms with E-state index in [9.17, 15) is 8.42 Å². The van der Waals surface area contributed by atoms with Crippen molar-refractivity contribution in [2.45, 2.75) is 11.8 Å². The van der Waals surface area contributed by atoms with Crippen LogP contribution in [0.2, 0.25) is 0 Å². The number of benzene rings is 1. The van der Waals surface area contributed by atoms with Crippen molar-refractivity contribution in [2.75, 3.05) is 10.5 Å². The average Bonchev–Trinajstić information content (AvgIpc) is 2.64. The van der Waals surface area contributed by atoms with E-state index in [-0.39, 0.29) is 10.6 Å². The molecule has 1 aromatic heterocycles. The van der Waals surface area contributed by atoms with Gasteiger partial charge in [0.15, 0.2) is 0 Å². The summed E-state index contributed by atoms with van der Waals surface area (Å²) in [6.45, 7) is 1.75. The first-order valence-electron chi connectivity index (χ1n) is 4.88. The van der Waals surface area contributed by atoms with E-state index >= 15 is 0 Å². The van der Waals surface area contributed by atoms with Gasteiger partial charge < -0.3 is 5.73 Å². The second kappa shape index (κ2) is 4.10. The van der Waals surface area contributed by atoms with Crippen molar-refractivity contribution in [1.82, 2.24) is 10.2 Å².